The average molecular weight is 399 g/mol. The molecule has 0 fully saturated rings. The van der Waals surface area contributed by atoms with E-state index in [0.29, 0.717) is 0 Å². The fraction of sp³-hybridized carbons (Fsp3) is 0.0833. The number of hydrogen-bond donors (Lipinski definition) is 0. The van der Waals surface area contributed by atoms with Gasteiger partial charge in [0.2, 0.25) is 0 Å². The lowest BCUT2D eigenvalue weighted by Crippen LogP contribution is -2.25. The van der Waals surface area contributed by atoms with Crippen LogP contribution < -0.4 is 0 Å². The zero-order valence-corrected chi connectivity index (χ0v) is 16.7. The third-order valence-corrected chi connectivity index (χ3v) is 7.77. The van der Waals surface area contributed by atoms with Crippen molar-refractivity contribution >= 4 is 23.1 Å². The van der Waals surface area contributed by atoms with Gasteiger partial charge < -0.3 is 0 Å². The molecule has 0 amide bonds. The highest BCUT2D eigenvalue weighted by molar-refractivity contribution is 8.01. The Labute approximate surface area is 173 Å². The van der Waals surface area contributed by atoms with Crippen LogP contribution in [0.5, 0.6) is 0 Å². The molecule has 2 heterocycles. The molecule has 1 aromatic heterocycles. The average Bonchev–Trinajstić information content (AvgIpc) is 3.46. The molecule has 0 radical (unpaired) electrons. The van der Waals surface area contributed by atoms with Gasteiger partial charge in [0.1, 0.15) is 0 Å². The molecular formula is C24H18N2S2. The Morgan fingerprint density at radius 2 is 0.964 bits per heavy atom. The van der Waals surface area contributed by atoms with E-state index in [0.717, 1.165) is 16.7 Å². The predicted octanol–water partition coefficient (Wildman–Crippen LogP) is 7.05. The Morgan fingerprint density at radius 3 is 1.43 bits per heavy atom. The standard InChI is InChI=1S/C24H18N2S2/c1-4-11-19(12-5-1)23(20-13-6-2-7-14-20)25-26-24(28-23,22-17-10-18-27-22)21-15-8-3-9-16-21/h1-18H. The summed E-state index contributed by atoms with van der Waals surface area (Å²) in [6.07, 6.45) is 0. The summed E-state index contributed by atoms with van der Waals surface area (Å²) in [5, 5.41) is 12.1. The van der Waals surface area contributed by atoms with Gasteiger partial charge in [-0.15, -0.1) is 11.3 Å². The summed E-state index contributed by atoms with van der Waals surface area (Å²) in [5.41, 5.74) is 3.44. The predicted molar refractivity (Wildman–Crippen MR) is 118 cm³/mol. The minimum Gasteiger partial charge on any atom is -0.164 e. The molecule has 0 aliphatic carbocycles. The second kappa shape index (κ2) is 7.04. The van der Waals surface area contributed by atoms with Crippen LogP contribution >= 0.6 is 23.1 Å². The molecule has 2 nitrogen and oxygen atoms in total. The number of azo groups is 1. The quantitative estimate of drug-likeness (QED) is 0.361. The fourth-order valence-electron chi connectivity index (χ4n) is 3.62. The van der Waals surface area contributed by atoms with Crippen LogP contribution in [-0.4, -0.2) is 0 Å². The van der Waals surface area contributed by atoms with Crippen molar-refractivity contribution in [3.8, 4) is 0 Å². The SMILES string of the molecule is c1ccc(C2(c3ccccc3)N=NC(c3ccccc3)(c3cccs3)S2)cc1. The van der Waals surface area contributed by atoms with Crippen molar-refractivity contribution in [2.75, 3.05) is 0 Å². The van der Waals surface area contributed by atoms with E-state index in [9.17, 15) is 0 Å². The summed E-state index contributed by atoms with van der Waals surface area (Å²) in [6.45, 7) is 0. The zero-order valence-electron chi connectivity index (χ0n) is 15.1. The summed E-state index contributed by atoms with van der Waals surface area (Å²) in [5.74, 6) is 0. The first kappa shape index (κ1) is 17.4. The van der Waals surface area contributed by atoms with E-state index in [1.165, 1.54) is 4.88 Å². The molecule has 4 aromatic rings. The van der Waals surface area contributed by atoms with Crippen molar-refractivity contribution in [1.29, 1.82) is 0 Å². The molecule has 0 spiro atoms. The van der Waals surface area contributed by atoms with Crippen LogP contribution in [0.2, 0.25) is 0 Å². The van der Waals surface area contributed by atoms with E-state index in [2.05, 4.69) is 90.3 Å². The van der Waals surface area contributed by atoms with Crippen molar-refractivity contribution in [2.45, 2.75) is 9.74 Å². The Hall–Kier alpha value is -2.69. The van der Waals surface area contributed by atoms with Crippen LogP contribution in [0.15, 0.2) is 119 Å². The largest absolute Gasteiger partial charge is 0.189 e. The summed E-state index contributed by atoms with van der Waals surface area (Å²) in [7, 11) is 0. The van der Waals surface area contributed by atoms with Gasteiger partial charge in [-0.1, -0.05) is 109 Å². The van der Waals surface area contributed by atoms with Crippen LogP contribution in [0.4, 0.5) is 0 Å². The Bertz CT molecular complexity index is 1040. The second-order valence-electron chi connectivity index (χ2n) is 6.67. The molecule has 1 aliphatic heterocycles. The van der Waals surface area contributed by atoms with Gasteiger partial charge >= 0.3 is 0 Å². The Morgan fingerprint density at radius 1 is 0.500 bits per heavy atom. The normalized spacial score (nSPS) is 20.3. The first-order valence-electron chi connectivity index (χ1n) is 9.18. The lowest BCUT2D eigenvalue weighted by molar-refractivity contribution is 0.709. The molecule has 136 valence electrons. The van der Waals surface area contributed by atoms with Gasteiger partial charge in [0.15, 0.2) is 9.74 Å². The molecule has 0 N–H and O–H groups in total. The number of thioether (sulfide) groups is 1. The van der Waals surface area contributed by atoms with Crippen molar-refractivity contribution in [2.24, 2.45) is 10.2 Å². The van der Waals surface area contributed by atoms with Crippen LogP contribution in [0.3, 0.4) is 0 Å². The molecule has 0 bridgehead atoms. The number of rotatable bonds is 4. The van der Waals surface area contributed by atoms with Crippen LogP contribution in [-0.2, 0) is 9.74 Å². The maximum atomic E-state index is 4.99. The highest BCUT2D eigenvalue weighted by Gasteiger charge is 2.52. The van der Waals surface area contributed by atoms with Gasteiger partial charge in [0.05, 0.1) is 0 Å². The monoisotopic (exact) mass is 398 g/mol. The maximum absolute atomic E-state index is 4.99. The smallest absolute Gasteiger partial charge is 0.164 e. The highest BCUT2D eigenvalue weighted by Crippen LogP contribution is 2.62. The van der Waals surface area contributed by atoms with Crippen molar-refractivity contribution in [1.82, 2.24) is 0 Å². The zero-order chi connectivity index (χ0) is 18.9. The lowest BCUT2D eigenvalue weighted by atomic mass is 9.99. The van der Waals surface area contributed by atoms with E-state index >= 15 is 0 Å². The van der Waals surface area contributed by atoms with E-state index in [4.69, 9.17) is 10.2 Å². The third kappa shape index (κ3) is 2.72. The fourth-order valence-corrected chi connectivity index (χ4v) is 6.19. The summed E-state index contributed by atoms with van der Waals surface area (Å²) < 4.78 is 0. The number of thiophene rings is 1. The van der Waals surface area contributed by atoms with Gasteiger partial charge in [0.25, 0.3) is 0 Å². The molecule has 1 unspecified atom stereocenters. The molecule has 0 saturated carbocycles. The number of nitrogens with zero attached hydrogens (tertiary/aromatic N) is 2. The van der Waals surface area contributed by atoms with Crippen LogP contribution in [0.25, 0.3) is 0 Å². The van der Waals surface area contributed by atoms with E-state index in [1.807, 2.05) is 18.2 Å². The molecule has 0 saturated heterocycles. The molecule has 28 heavy (non-hydrogen) atoms. The lowest BCUT2D eigenvalue weighted by Gasteiger charge is -2.31. The van der Waals surface area contributed by atoms with Gasteiger partial charge in [-0.3, -0.25) is 0 Å². The van der Waals surface area contributed by atoms with E-state index in [-0.39, 0.29) is 0 Å². The second-order valence-corrected chi connectivity index (χ2v) is 9.00. The van der Waals surface area contributed by atoms with Crippen LogP contribution in [0, 0.1) is 0 Å². The van der Waals surface area contributed by atoms with Crippen LogP contribution in [0.1, 0.15) is 21.6 Å². The topological polar surface area (TPSA) is 24.7 Å². The first-order chi connectivity index (χ1) is 13.8. The minimum atomic E-state index is -0.581. The Kier molecular flexibility index (Phi) is 4.38. The summed E-state index contributed by atoms with van der Waals surface area (Å²) >= 11 is 3.53. The van der Waals surface area contributed by atoms with Crippen molar-refractivity contribution < 1.29 is 0 Å². The number of benzene rings is 3. The van der Waals surface area contributed by atoms with Gasteiger partial charge in [-0.2, -0.15) is 10.2 Å². The molecule has 3 aromatic carbocycles. The Balaban J connectivity index is 1.73. The van der Waals surface area contributed by atoms with E-state index in [1.54, 1.807) is 23.1 Å². The van der Waals surface area contributed by atoms with E-state index < -0.39 is 9.74 Å². The van der Waals surface area contributed by atoms with Crippen molar-refractivity contribution in [3.63, 3.8) is 0 Å². The highest BCUT2D eigenvalue weighted by atomic mass is 32.2. The first-order valence-corrected chi connectivity index (χ1v) is 10.9. The van der Waals surface area contributed by atoms with Gasteiger partial charge in [0, 0.05) is 4.88 Å². The van der Waals surface area contributed by atoms with Crippen molar-refractivity contribution in [3.05, 3.63) is 130 Å². The summed E-state index contributed by atoms with van der Waals surface area (Å²) in [6, 6.07) is 35.7. The minimum absolute atomic E-state index is 0.554. The molecule has 1 atom stereocenters. The molecular weight excluding hydrogens is 380 g/mol. The third-order valence-electron chi connectivity index (χ3n) is 4.98. The maximum Gasteiger partial charge on any atom is 0.189 e. The number of hydrogen-bond acceptors (Lipinski definition) is 4. The summed E-state index contributed by atoms with van der Waals surface area (Å²) in [4.78, 5) is 0.0601. The van der Waals surface area contributed by atoms with Gasteiger partial charge in [-0.05, 0) is 28.1 Å². The molecule has 4 heteroatoms. The molecule has 1 aliphatic rings. The van der Waals surface area contributed by atoms with Gasteiger partial charge in [-0.25, -0.2) is 0 Å². The molecule has 5 rings (SSSR count).